The lowest BCUT2D eigenvalue weighted by Gasteiger charge is -2.21. The maximum Gasteiger partial charge on any atom is 0.243 e. The molecule has 0 aromatic heterocycles. The summed E-state index contributed by atoms with van der Waals surface area (Å²) in [5.41, 5.74) is -0.0951. The highest BCUT2D eigenvalue weighted by Crippen LogP contribution is 2.31. The maximum absolute atomic E-state index is 12.9. The molecule has 0 saturated heterocycles. The average molecular weight is 422 g/mol. The number of carbonyl (C=O) groups is 2. The van der Waals surface area contributed by atoms with E-state index in [1.54, 1.807) is 13.8 Å². The van der Waals surface area contributed by atoms with Gasteiger partial charge in [0.2, 0.25) is 20.0 Å². The van der Waals surface area contributed by atoms with Crippen LogP contribution in [0.25, 0.3) is 0 Å². The number of ketones is 2. The van der Waals surface area contributed by atoms with Crippen LogP contribution in [0.1, 0.15) is 45.7 Å². The van der Waals surface area contributed by atoms with Crippen molar-refractivity contribution in [2.45, 2.75) is 23.6 Å². The van der Waals surface area contributed by atoms with Crippen molar-refractivity contribution >= 4 is 31.6 Å². The van der Waals surface area contributed by atoms with Crippen LogP contribution in [0.4, 0.5) is 0 Å². The summed E-state index contributed by atoms with van der Waals surface area (Å²) < 4.78 is 49.8. The topological polar surface area (TPSA) is 132 Å². The van der Waals surface area contributed by atoms with E-state index in [0.717, 1.165) is 12.1 Å². The summed E-state index contributed by atoms with van der Waals surface area (Å²) in [6.45, 7) is 3.94. The van der Waals surface area contributed by atoms with Gasteiger partial charge < -0.3 is 0 Å². The molecular formula is C18H18N2O6S2. The van der Waals surface area contributed by atoms with E-state index in [9.17, 15) is 26.4 Å². The first-order valence-corrected chi connectivity index (χ1v) is 11.4. The third kappa shape index (κ3) is 3.18. The molecule has 0 bridgehead atoms. The standard InChI is InChI=1S/C18H18N2O6S2/c1-3-20(4-2)28(25,26)12-6-8-14-16(10-12)18(22)13-7-5-11(27(19,23)24)9-15(13)17(14)21/h5-10H,3-4H2,1-2H3,(H2,19,23,24). The molecule has 0 spiro atoms. The summed E-state index contributed by atoms with van der Waals surface area (Å²) in [4.78, 5) is 25.3. The van der Waals surface area contributed by atoms with Crippen LogP contribution < -0.4 is 5.14 Å². The molecule has 2 N–H and O–H groups in total. The van der Waals surface area contributed by atoms with Crippen LogP contribution in [0.3, 0.4) is 0 Å². The minimum Gasteiger partial charge on any atom is -0.289 e. The Morgan fingerprint density at radius 3 is 1.61 bits per heavy atom. The summed E-state index contributed by atoms with van der Waals surface area (Å²) in [5, 5.41) is 5.09. The molecule has 0 amide bonds. The van der Waals surface area contributed by atoms with Gasteiger partial charge in [-0.05, 0) is 36.4 Å². The molecular weight excluding hydrogens is 404 g/mol. The van der Waals surface area contributed by atoms with E-state index in [1.807, 2.05) is 0 Å². The van der Waals surface area contributed by atoms with Gasteiger partial charge in [0.1, 0.15) is 0 Å². The third-order valence-corrected chi connectivity index (χ3v) is 7.59. The van der Waals surface area contributed by atoms with Crippen molar-refractivity contribution in [3.63, 3.8) is 0 Å². The van der Waals surface area contributed by atoms with Crippen LogP contribution >= 0.6 is 0 Å². The Morgan fingerprint density at radius 1 is 0.750 bits per heavy atom. The molecule has 10 heteroatoms. The van der Waals surface area contributed by atoms with Gasteiger partial charge in [-0.2, -0.15) is 4.31 Å². The van der Waals surface area contributed by atoms with Gasteiger partial charge in [0.05, 0.1) is 9.79 Å². The second-order valence-electron chi connectivity index (χ2n) is 6.21. The van der Waals surface area contributed by atoms with E-state index in [-0.39, 0.29) is 45.1 Å². The fraction of sp³-hybridized carbons (Fsp3) is 0.222. The molecule has 0 radical (unpaired) electrons. The molecule has 0 atom stereocenters. The number of hydrogen-bond donors (Lipinski definition) is 1. The molecule has 148 valence electrons. The zero-order chi connectivity index (χ0) is 20.9. The SMILES string of the molecule is CCN(CC)S(=O)(=O)c1ccc2c(c1)C(=O)c1ccc(S(N)(=O)=O)cc1C2=O. The Kier molecular flexibility index (Phi) is 5.00. The number of primary sulfonamides is 1. The van der Waals surface area contributed by atoms with Gasteiger partial charge in [0, 0.05) is 35.3 Å². The van der Waals surface area contributed by atoms with Crippen LogP contribution in [0.5, 0.6) is 0 Å². The van der Waals surface area contributed by atoms with Crippen molar-refractivity contribution in [1.82, 2.24) is 4.31 Å². The van der Waals surface area contributed by atoms with E-state index in [2.05, 4.69) is 0 Å². The molecule has 0 heterocycles. The molecule has 3 rings (SSSR count). The predicted octanol–water partition coefficient (Wildman–Crippen LogP) is 1.14. The van der Waals surface area contributed by atoms with Gasteiger partial charge in [0.15, 0.2) is 11.6 Å². The van der Waals surface area contributed by atoms with Crippen molar-refractivity contribution in [3.05, 3.63) is 58.7 Å². The molecule has 1 aliphatic carbocycles. The number of benzene rings is 2. The van der Waals surface area contributed by atoms with Crippen LogP contribution in [-0.4, -0.2) is 45.8 Å². The van der Waals surface area contributed by atoms with Crippen molar-refractivity contribution in [1.29, 1.82) is 0 Å². The third-order valence-electron chi connectivity index (χ3n) is 4.63. The smallest absolute Gasteiger partial charge is 0.243 e. The molecule has 0 unspecified atom stereocenters. The molecule has 0 saturated carbocycles. The molecule has 2 aromatic rings. The van der Waals surface area contributed by atoms with Crippen molar-refractivity contribution in [3.8, 4) is 0 Å². The van der Waals surface area contributed by atoms with E-state index >= 15 is 0 Å². The normalized spacial score (nSPS) is 14.1. The Morgan fingerprint density at radius 2 is 1.18 bits per heavy atom. The first-order valence-electron chi connectivity index (χ1n) is 8.42. The van der Waals surface area contributed by atoms with Gasteiger partial charge in [-0.15, -0.1) is 0 Å². The predicted molar refractivity (Wildman–Crippen MR) is 101 cm³/mol. The summed E-state index contributed by atoms with van der Waals surface area (Å²) in [6, 6.07) is 7.16. The number of carbonyl (C=O) groups excluding carboxylic acids is 2. The number of hydrogen-bond acceptors (Lipinski definition) is 6. The van der Waals surface area contributed by atoms with E-state index < -0.39 is 31.6 Å². The van der Waals surface area contributed by atoms with Crippen molar-refractivity contribution in [2.75, 3.05) is 13.1 Å². The largest absolute Gasteiger partial charge is 0.289 e. The highest BCUT2D eigenvalue weighted by Gasteiger charge is 2.33. The lowest BCUT2D eigenvalue weighted by molar-refractivity contribution is 0.0978. The minimum atomic E-state index is -4.04. The second-order valence-corrected chi connectivity index (χ2v) is 9.71. The molecule has 28 heavy (non-hydrogen) atoms. The summed E-state index contributed by atoms with van der Waals surface area (Å²) in [6.07, 6.45) is 0. The summed E-state index contributed by atoms with van der Waals surface area (Å²) in [5.74, 6) is -1.12. The fourth-order valence-corrected chi connectivity index (χ4v) is 5.18. The second kappa shape index (κ2) is 6.89. The summed E-state index contributed by atoms with van der Waals surface area (Å²) in [7, 11) is -7.85. The minimum absolute atomic E-state index is 0.00212. The molecule has 0 fully saturated rings. The van der Waals surface area contributed by atoms with Crippen LogP contribution in [0, 0.1) is 0 Å². The number of nitrogens with two attached hydrogens (primary N) is 1. The fourth-order valence-electron chi connectivity index (χ4n) is 3.16. The van der Waals surface area contributed by atoms with E-state index in [1.165, 1.54) is 28.6 Å². The monoisotopic (exact) mass is 422 g/mol. The summed E-state index contributed by atoms with van der Waals surface area (Å²) >= 11 is 0. The van der Waals surface area contributed by atoms with Gasteiger partial charge in [-0.3, -0.25) is 9.59 Å². The number of fused-ring (bicyclic) bond motifs is 2. The Hall–Kier alpha value is -2.40. The van der Waals surface area contributed by atoms with Crippen LogP contribution in [0.15, 0.2) is 46.2 Å². The van der Waals surface area contributed by atoms with Crippen LogP contribution in [-0.2, 0) is 20.0 Å². The van der Waals surface area contributed by atoms with Crippen LogP contribution in [0.2, 0.25) is 0 Å². The van der Waals surface area contributed by atoms with Gasteiger partial charge >= 0.3 is 0 Å². The molecule has 8 nitrogen and oxygen atoms in total. The highest BCUT2D eigenvalue weighted by molar-refractivity contribution is 7.89. The zero-order valence-electron chi connectivity index (χ0n) is 15.2. The number of nitrogens with zero attached hydrogens (tertiary/aromatic N) is 1. The Balaban J connectivity index is 2.17. The Bertz CT molecular complexity index is 1210. The zero-order valence-corrected chi connectivity index (χ0v) is 16.8. The maximum atomic E-state index is 12.9. The lowest BCUT2D eigenvalue weighted by atomic mass is 9.84. The molecule has 0 aliphatic heterocycles. The van der Waals surface area contributed by atoms with Gasteiger partial charge in [0.25, 0.3) is 0 Å². The molecule has 2 aromatic carbocycles. The lowest BCUT2D eigenvalue weighted by Crippen LogP contribution is -2.31. The first-order chi connectivity index (χ1) is 13.0. The van der Waals surface area contributed by atoms with E-state index in [0.29, 0.717) is 0 Å². The number of rotatable bonds is 5. The van der Waals surface area contributed by atoms with Gasteiger partial charge in [-0.1, -0.05) is 13.8 Å². The number of sulfonamides is 2. The quantitative estimate of drug-likeness (QED) is 0.656. The average Bonchev–Trinajstić information content (AvgIpc) is 2.65. The highest BCUT2D eigenvalue weighted by atomic mass is 32.2. The first kappa shape index (κ1) is 20.3. The van der Waals surface area contributed by atoms with Crippen molar-refractivity contribution < 1.29 is 26.4 Å². The van der Waals surface area contributed by atoms with Crippen molar-refractivity contribution in [2.24, 2.45) is 5.14 Å². The van der Waals surface area contributed by atoms with E-state index in [4.69, 9.17) is 5.14 Å². The Labute approximate surface area is 163 Å². The molecule has 1 aliphatic rings. The van der Waals surface area contributed by atoms with Gasteiger partial charge in [-0.25, -0.2) is 22.0 Å².